The standard InChI is InChI=1S/C10H16N6/c1-4-16-10(12-7-13-16)5-11-9-6-15(3)14-8(9)2/h6-7,11H,4-5H2,1-3H3. The van der Waals surface area contributed by atoms with Gasteiger partial charge in [0.15, 0.2) is 0 Å². The van der Waals surface area contributed by atoms with Gasteiger partial charge in [-0.2, -0.15) is 10.2 Å². The minimum atomic E-state index is 0.667. The molecule has 6 heteroatoms. The number of anilines is 1. The SMILES string of the molecule is CCn1ncnc1CNc1cn(C)nc1C. The van der Waals surface area contributed by atoms with E-state index in [1.807, 2.05) is 31.8 Å². The molecule has 0 aliphatic heterocycles. The maximum Gasteiger partial charge on any atom is 0.146 e. The monoisotopic (exact) mass is 220 g/mol. The van der Waals surface area contributed by atoms with Crippen LogP contribution in [0, 0.1) is 6.92 Å². The highest BCUT2D eigenvalue weighted by Crippen LogP contribution is 2.12. The van der Waals surface area contributed by atoms with Crippen LogP contribution < -0.4 is 5.32 Å². The lowest BCUT2D eigenvalue weighted by Gasteiger charge is -2.05. The predicted octanol–water partition coefficient (Wildman–Crippen LogP) is 0.952. The van der Waals surface area contributed by atoms with E-state index in [-0.39, 0.29) is 0 Å². The fourth-order valence-electron chi connectivity index (χ4n) is 1.64. The van der Waals surface area contributed by atoms with Crippen molar-refractivity contribution in [2.24, 2.45) is 7.05 Å². The molecule has 0 atom stereocenters. The van der Waals surface area contributed by atoms with Crippen LogP contribution in [-0.2, 0) is 20.1 Å². The van der Waals surface area contributed by atoms with Gasteiger partial charge in [0.2, 0.25) is 0 Å². The summed E-state index contributed by atoms with van der Waals surface area (Å²) in [5.74, 6) is 0.936. The Morgan fingerprint density at radius 2 is 2.25 bits per heavy atom. The van der Waals surface area contributed by atoms with Crippen molar-refractivity contribution in [2.45, 2.75) is 26.9 Å². The van der Waals surface area contributed by atoms with Crippen LogP contribution in [0.5, 0.6) is 0 Å². The Balaban J connectivity index is 2.05. The summed E-state index contributed by atoms with van der Waals surface area (Å²) < 4.78 is 3.67. The topological polar surface area (TPSA) is 60.6 Å². The van der Waals surface area contributed by atoms with Gasteiger partial charge >= 0.3 is 0 Å². The van der Waals surface area contributed by atoms with Gasteiger partial charge in [-0.3, -0.25) is 4.68 Å². The van der Waals surface area contributed by atoms with Crippen LogP contribution in [0.3, 0.4) is 0 Å². The third-order valence-corrected chi connectivity index (χ3v) is 2.45. The minimum Gasteiger partial charge on any atom is -0.375 e. The zero-order valence-electron chi connectivity index (χ0n) is 9.80. The maximum atomic E-state index is 4.26. The molecule has 16 heavy (non-hydrogen) atoms. The summed E-state index contributed by atoms with van der Waals surface area (Å²) in [6, 6.07) is 0. The van der Waals surface area contributed by atoms with Crippen molar-refractivity contribution in [3.05, 3.63) is 24.0 Å². The number of hydrogen-bond acceptors (Lipinski definition) is 4. The molecule has 6 nitrogen and oxygen atoms in total. The molecule has 0 aliphatic carbocycles. The van der Waals surface area contributed by atoms with Crippen LogP contribution in [-0.4, -0.2) is 24.5 Å². The van der Waals surface area contributed by atoms with Crippen molar-refractivity contribution in [2.75, 3.05) is 5.32 Å². The molecule has 2 aromatic rings. The van der Waals surface area contributed by atoms with E-state index >= 15 is 0 Å². The van der Waals surface area contributed by atoms with E-state index in [1.54, 1.807) is 11.0 Å². The molecule has 2 aromatic heterocycles. The number of nitrogens with zero attached hydrogens (tertiary/aromatic N) is 5. The quantitative estimate of drug-likeness (QED) is 0.833. The first-order valence-corrected chi connectivity index (χ1v) is 5.31. The summed E-state index contributed by atoms with van der Waals surface area (Å²) in [7, 11) is 1.91. The molecule has 0 fully saturated rings. The Morgan fingerprint density at radius 1 is 1.44 bits per heavy atom. The molecule has 0 saturated heterocycles. The first-order valence-electron chi connectivity index (χ1n) is 5.31. The average Bonchev–Trinajstić information content (AvgIpc) is 2.81. The van der Waals surface area contributed by atoms with Crippen LogP contribution in [0.2, 0.25) is 0 Å². The second kappa shape index (κ2) is 4.34. The summed E-state index contributed by atoms with van der Waals surface area (Å²) in [4.78, 5) is 4.20. The zero-order valence-corrected chi connectivity index (χ0v) is 9.80. The molecular formula is C10H16N6. The van der Waals surface area contributed by atoms with Crippen molar-refractivity contribution >= 4 is 5.69 Å². The fraction of sp³-hybridized carbons (Fsp3) is 0.500. The van der Waals surface area contributed by atoms with Crippen molar-refractivity contribution in [1.82, 2.24) is 24.5 Å². The molecule has 1 N–H and O–H groups in total. The second-order valence-electron chi connectivity index (χ2n) is 3.65. The Morgan fingerprint density at radius 3 is 2.88 bits per heavy atom. The molecule has 0 aromatic carbocycles. The minimum absolute atomic E-state index is 0.667. The number of nitrogens with one attached hydrogen (secondary N) is 1. The molecule has 0 amide bonds. The highest BCUT2D eigenvalue weighted by atomic mass is 15.3. The number of rotatable bonds is 4. The summed E-state index contributed by atoms with van der Waals surface area (Å²) >= 11 is 0. The van der Waals surface area contributed by atoms with Gasteiger partial charge < -0.3 is 5.32 Å². The van der Waals surface area contributed by atoms with E-state index < -0.39 is 0 Å². The van der Waals surface area contributed by atoms with Crippen LogP contribution >= 0.6 is 0 Å². The summed E-state index contributed by atoms with van der Waals surface area (Å²) in [6.45, 7) is 5.53. The number of aromatic nitrogens is 5. The van der Waals surface area contributed by atoms with Crippen molar-refractivity contribution in [1.29, 1.82) is 0 Å². The van der Waals surface area contributed by atoms with Crippen LogP contribution in [0.15, 0.2) is 12.5 Å². The fourth-order valence-corrected chi connectivity index (χ4v) is 1.64. The third-order valence-electron chi connectivity index (χ3n) is 2.45. The first-order chi connectivity index (χ1) is 7.70. The molecule has 2 heterocycles. The van der Waals surface area contributed by atoms with Gasteiger partial charge in [-0.05, 0) is 13.8 Å². The molecule has 86 valence electrons. The zero-order chi connectivity index (χ0) is 11.5. The lowest BCUT2D eigenvalue weighted by Crippen LogP contribution is -2.09. The average molecular weight is 220 g/mol. The molecule has 0 spiro atoms. The molecule has 0 unspecified atom stereocenters. The van der Waals surface area contributed by atoms with Gasteiger partial charge in [-0.15, -0.1) is 0 Å². The maximum absolute atomic E-state index is 4.26. The summed E-state index contributed by atoms with van der Waals surface area (Å²) in [5, 5.41) is 11.7. The molecule has 0 aliphatic rings. The number of hydrogen-bond donors (Lipinski definition) is 1. The highest BCUT2D eigenvalue weighted by molar-refractivity contribution is 5.45. The largest absolute Gasteiger partial charge is 0.375 e. The van der Waals surface area contributed by atoms with Crippen LogP contribution in [0.25, 0.3) is 0 Å². The van der Waals surface area contributed by atoms with Crippen molar-refractivity contribution in [3.8, 4) is 0 Å². The van der Waals surface area contributed by atoms with E-state index in [0.717, 1.165) is 23.8 Å². The third kappa shape index (κ3) is 2.05. The van der Waals surface area contributed by atoms with Gasteiger partial charge in [-0.25, -0.2) is 9.67 Å². The lowest BCUT2D eigenvalue weighted by atomic mass is 10.4. The number of aryl methyl sites for hydroxylation is 3. The normalized spacial score (nSPS) is 10.7. The molecule has 0 bridgehead atoms. The van der Waals surface area contributed by atoms with Crippen LogP contribution in [0.4, 0.5) is 5.69 Å². The Bertz CT molecular complexity index is 469. The summed E-state index contributed by atoms with van der Waals surface area (Å²) in [5.41, 5.74) is 2.03. The van der Waals surface area contributed by atoms with E-state index in [0.29, 0.717) is 6.54 Å². The predicted molar refractivity (Wildman–Crippen MR) is 61.0 cm³/mol. The van der Waals surface area contributed by atoms with E-state index in [4.69, 9.17) is 0 Å². The Kier molecular flexibility index (Phi) is 2.89. The van der Waals surface area contributed by atoms with Gasteiger partial charge in [0.05, 0.1) is 17.9 Å². The molecule has 2 rings (SSSR count). The second-order valence-corrected chi connectivity index (χ2v) is 3.65. The van der Waals surface area contributed by atoms with Crippen molar-refractivity contribution in [3.63, 3.8) is 0 Å². The Hall–Kier alpha value is -1.85. The van der Waals surface area contributed by atoms with E-state index in [1.165, 1.54) is 0 Å². The molecule has 0 radical (unpaired) electrons. The first kappa shape index (κ1) is 10.7. The highest BCUT2D eigenvalue weighted by Gasteiger charge is 2.05. The lowest BCUT2D eigenvalue weighted by molar-refractivity contribution is 0.622. The van der Waals surface area contributed by atoms with E-state index in [9.17, 15) is 0 Å². The van der Waals surface area contributed by atoms with E-state index in [2.05, 4.69) is 20.5 Å². The summed E-state index contributed by atoms with van der Waals surface area (Å²) in [6.07, 6.45) is 3.54. The van der Waals surface area contributed by atoms with Gasteiger partial charge in [0.1, 0.15) is 12.2 Å². The smallest absolute Gasteiger partial charge is 0.146 e. The van der Waals surface area contributed by atoms with Crippen molar-refractivity contribution < 1.29 is 0 Å². The molecule has 0 saturated carbocycles. The molecular weight excluding hydrogens is 204 g/mol. The Labute approximate surface area is 94.3 Å². The van der Waals surface area contributed by atoms with Gasteiger partial charge in [-0.1, -0.05) is 0 Å². The van der Waals surface area contributed by atoms with Gasteiger partial charge in [0, 0.05) is 19.8 Å². The van der Waals surface area contributed by atoms with Crippen LogP contribution in [0.1, 0.15) is 18.4 Å². The van der Waals surface area contributed by atoms with Gasteiger partial charge in [0.25, 0.3) is 0 Å².